The number of fused-ring (bicyclic) bond motifs is 3. The van der Waals surface area contributed by atoms with Crippen molar-refractivity contribution in [2.45, 2.75) is 17.4 Å². The average Bonchev–Trinajstić information content (AvgIpc) is 2.94. The van der Waals surface area contributed by atoms with Crippen molar-refractivity contribution >= 4 is 23.4 Å². The van der Waals surface area contributed by atoms with Crippen molar-refractivity contribution in [2.24, 2.45) is 5.92 Å². The molecular formula is C21H25N3OS. The minimum Gasteiger partial charge on any atom is -0.309 e. The Kier molecular flexibility index (Phi) is 5.02. The third-order valence-electron chi connectivity index (χ3n) is 5.13. The highest BCUT2D eigenvalue weighted by Crippen LogP contribution is 2.48. The van der Waals surface area contributed by atoms with Gasteiger partial charge in [0.1, 0.15) is 0 Å². The van der Waals surface area contributed by atoms with Gasteiger partial charge in [0.25, 0.3) is 0 Å². The highest BCUT2D eigenvalue weighted by molar-refractivity contribution is 7.99. The molecule has 2 aromatic carbocycles. The third kappa shape index (κ3) is 3.15. The molecule has 5 heteroatoms. The van der Waals surface area contributed by atoms with Crippen molar-refractivity contribution in [2.75, 3.05) is 37.9 Å². The number of hydrogen-bond donors (Lipinski definition) is 0. The van der Waals surface area contributed by atoms with Gasteiger partial charge in [0, 0.05) is 17.2 Å². The van der Waals surface area contributed by atoms with Crippen LogP contribution in [0.5, 0.6) is 0 Å². The average molecular weight is 368 g/mol. The molecule has 2 aliphatic rings. The van der Waals surface area contributed by atoms with Gasteiger partial charge in [-0.1, -0.05) is 36.4 Å². The zero-order valence-corrected chi connectivity index (χ0v) is 16.2. The van der Waals surface area contributed by atoms with Gasteiger partial charge in [0.2, 0.25) is 5.91 Å². The van der Waals surface area contributed by atoms with E-state index in [-0.39, 0.29) is 17.9 Å². The van der Waals surface area contributed by atoms with Crippen LogP contribution in [-0.4, -0.2) is 48.8 Å². The summed E-state index contributed by atoms with van der Waals surface area (Å²) in [7, 11) is 4.19. The first-order valence-corrected chi connectivity index (χ1v) is 10.2. The fourth-order valence-electron chi connectivity index (χ4n) is 3.96. The summed E-state index contributed by atoms with van der Waals surface area (Å²) in [6.07, 6.45) is 1.03. The van der Waals surface area contributed by atoms with Gasteiger partial charge in [-0.05, 0) is 50.8 Å². The lowest BCUT2D eigenvalue weighted by Crippen LogP contribution is -2.41. The van der Waals surface area contributed by atoms with E-state index in [4.69, 9.17) is 0 Å². The molecule has 0 saturated carbocycles. The molecule has 0 spiro atoms. The molecule has 26 heavy (non-hydrogen) atoms. The van der Waals surface area contributed by atoms with Gasteiger partial charge in [-0.2, -0.15) is 0 Å². The van der Waals surface area contributed by atoms with E-state index < -0.39 is 0 Å². The molecule has 0 aromatic heterocycles. The van der Waals surface area contributed by atoms with Crippen molar-refractivity contribution in [3.8, 4) is 0 Å². The largest absolute Gasteiger partial charge is 0.309 e. The van der Waals surface area contributed by atoms with Crippen LogP contribution in [0.4, 0.5) is 5.69 Å². The lowest BCUT2D eigenvalue weighted by atomic mass is 9.94. The Morgan fingerprint density at radius 1 is 1.08 bits per heavy atom. The second-order valence-electron chi connectivity index (χ2n) is 7.21. The topological polar surface area (TPSA) is 26.8 Å². The zero-order chi connectivity index (χ0) is 18.1. The number of thioether (sulfide) groups is 1. The van der Waals surface area contributed by atoms with Gasteiger partial charge in [-0.3, -0.25) is 4.79 Å². The van der Waals surface area contributed by atoms with Crippen molar-refractivity contribution in [3.63, 3.8) is 0 Å². The molecule has 0 radical (unpaired) electrons. The van der Waals surface area contributed by atoms with E-state index in [1.54, 1.807) is 0 Å². The second kappa shape index (κ2) is 7.43. The molecule has 136 valence electrons. The summed E-state index contributed by atoms with van der Waals surface area (Å²) in [5.74, 6) is 1.11. The van der Waals surface area contributed by atoms with Crippen LogP contribution in [0.1, 0.15) is 18.0 Å². The van der Waals surface area contributed by atoms with Gasteiger partial charge in [-0.25, -0.2) is 10.0 Å². The van der Waals surface area contributed by atoms with E-state index in [0.29, 0.717) is 0 Å². The lowest BCUT2D eigenvalue weighted by molar-refractivity contribution is -0.120. The smallest absolute Gasteiger partial charge is 0.247 e. The fraction of sp³-hybridized carbons (Fsp3) is 0.381. The summed E-state index contributed by atoms with van der Waals surface area (Å²) in [5.41, 5.74) is 2.27. The molecule has 2 aliphatic heterocycles. The molecule has 2 unspecified atom stereocenters. The number of nitrogens with zero attached hydrogens (tertiary/aromatic N) is 3. The summed E-state index contributed by atoms with van der Waals surface area (Å²) in [4.78, 5) is 16.8. The highest BCUT2D eigenvalue weighted by atomic mass is 32.2. The maximum Gasteiger partial charge on any atom is 0.247 e. The van der Waals surface area contributed by atoms with Gasteiger partial charge in [0.05, 0.1) is 17.6 Å². The summed E-state index contributed by atoms with van der Waals surface area (Å²) in [6, 6.07) is 18.8. The van der Waals surface area contributed by atoms with E-state index >= 15 is 0 Å². The quantitative estimate of drug-likeness (QED) is 0.806. The molecule has 1 saturated heterocycles. The van der Waals surface area contributed by atoms with Gasteiger partial charge >= 0.3 is 0 Å². The summed E-state index contributed by atoms with van der Waals surface area (Å²) < 4.78 is 0. The van der Waals surface area contributed by atoms with E-state index in [9.17, 15) is 4.79 Å². The SMILES string of the molecule is CN(C)CCCN1C2c3ccccc3SCC2C(=O)N1c1ccccc1. The van der Waals surface area contributed by atoms with E-state index in [1.165, 1.54) is 10.5 Å². The maximum absolute atomic E-state index is 13.3. The predicted octanol–water partition coefficient (Wildman–Crippen LogP) is 3.67. The van der Waals surface area contributed by atoms with Crippen molar-refractivity contribution < 1.29 is 4.79 Å². The molecule has 1 fully saturated rings. The van der Waals surface area contributed by atoms with Crippen molar-refractivity contribution in [1.29, 1.82) is 0 Å². The standard InChI is InChI=1S/C21H25N3OS/c1-22(2)13-8-14-23-20-17-11-6-7-12-19(17)26-15-18(20)21(25)24(23)16-9-4-3-5-10-16/h3-7,9-12,18,20H,8,13-15H2,1-2H3. The van der Waals surface area contributed by atoms with Crippen LogP contribution in [0.15, 0.2) is 59.5 Å². The monoisotopic (exact) mass is 367 g/mol. The van der Waals surface area contributed by atoms with E-state index in [2.05, 4.69) is 48.3 Å². The maximum atomic E-state index is 13.3. The Morgan fingerprint density at radius 2 is 1.81 bits per heavy atom. The minimum absolute atomic E-state index is 0.0227. The number of amides is 1. The number of rotatable bonds is 5. The Morgan fingerprint density at radius 3 is 2.58 bits per heavy atom. The van der Waals surface area contributed by atoms with Crippen LogP contribution >= 0.6 is 11.8 Å². The van der Waals surface area contributed by atoms with Crippen LogP contribution in [0.2, 0.25) is 0 Å². The number of benzene rings is 2. The first-order valence-electron chi connectivity index (χ1n) is 9.19. The number of carbonyl (C=O) groups is 1. The predicted molar refractivity (Wildman–Crippen MR) is 107 cm³/mol. The lowest BCUT2D eigenvalue weighted by Gasteiger charge is -2.35. The van der Waals surface area contributed by atoms with Crippen LogP contribution in [0.3, 0.4) is 0 Å². The Hall–Kier alpha value is -1.82. The van der Waals surface area contributed by atoms with E-state index in [1.807, 2.05) is 47.1 Å². The van der Waals surface area contributed by atoms with Gasteiger partial charge in [-0.15, -0.1) is 11.8 Å². The Balaban J connectivity index is 1.71. The first-order chi connectivity index (χ1) is 12.7. The molecule has 0 N–H and O–H groups in total. The molecule has 2 aromatic rings. The second-order valence-corrected chi connectivity index (χ2v) is 8.27. The number of hydrazine groups is 1. The number of anilines is 1. The first kappa shape index (κ1) is 17.6. The molecular weight excluding hydrogens is 342 g/mol. The normalized spacial score (nSPS) is 22.6. The summed E-state index contributed by atoms with van der Waals surface area (Å²) in [5, 5.41) is 4.25. The molecule has 4 nitrogen and oxygen atoms in total. The molecule has 2 atom stereocenters. The van der Waals surface area contributed by atoms with Crippen LogP contribution in [0.25, 0.3) is 0 Å². The summed E-state index contributed by atoms with van der Waals surface area (Å²) in [6.45, 7) is 1.89. The Labute approximate surface area is 159 Å². The molecule has 1 amide bonds. The Bertz CT molecular complexity index is 780. The summed E-state index contributed by atoms with van der Waals surface area (Å²) >= 11 is 1.81. The highest BCUT2D eigenvalue weighted by Gasteiger charge is 2.49. The molecule has 2 heterocycles. The minimum atomic E-state index is 0.0227. The number of hydrogen-bond acceptors (Lipinski definition) is 4. The number of para-hydroxylation sites is 1. The van der Waals surface area contributed by atoms with Crippen molar-refractivity contribution in [3.05, 3.63) is 60.2 Å². The fourth-order valence-corrected chi connectivity index (χ4v) is 5.17. The van der Waals surface area contributed by atoms with E-state index in [0.717, 1.165) is 31.0 Å². The molecule has 0 aliphatic carbocycles. The number of carbonyl (C=O) groups excluding carboxylic acids is 1. The van der Waals surface area contributed by atoms with Crippen LogP contribution in [0, 0.1) is 5.92 Å². The van der Waals surface area contributed by atoms with Crippen LogP contribution in [-0.2, 0) is 4.79 Å². The van der Waals surface area contributed by atoms with Crippen LogP contribution < -0.4 is 5.01 Å². The van der Waals surface area contributed by atoms with Gasteiger partial charge in [0.15, 0.2) is 0 Å². The molecule has 0 bridgehead atoms. The zero-order valence-electron chi connectivity index (χ0n) is 15.3. The van der Waals surface area contributed by atoms with Crippen molar-refractivity contribution in [1.82, 2.24) is 9.91 Å². The van der Waals surface area contributed by atoms with Gasteiger partial charge < -0.3 is 4.90 Å². The molecule has 4 rings (SSSR count). The third-order valence-corrected chi connectivity index (χ3v) is 6.34.